The second-order valence-corrected chi connectivity index (χ2v) is 4.00. The standard InChI is InChI=1S/C10H4ClFN2OS/c11-9-5-16-10(14-9)15-7-2-1-6(4-13)8(12)3-7/h1-3,5H. The van der Waals surface area contributed by atoms with Crippen LogP contribution in [0.4, 0.5) is 4.39 Å². The van der Waals surface area contributed by atoms with Gasteiger partial charge in [0.1, 0.15) is 22.8 Å². The van der Waals surface area contributed by atoms with Crippen LogP contribution in [0.5, 0.6) is 10.9 Å². The molecule has 6 heteroatoms. The van der Waals surface area contributed by atoms with E-state index in [1.807, 2.05) is 0 Å². The van der Waals surface area contributed by atoms with Gasteiger partial charge in [-0.3, -0.25) is 0 Å². The Kier molecular flexibility index (Phi) is 3.04. The number of nitriles is 1. The molecule has 1 aromatic heterocycles. The van der Waals surface area contributed by atoms with Gasteiger partial charge in [-0.05, 0) is 12.1 Å². The molecule has 0 N–H and O–H groups in total. The third kappa shape index (κ3) is 2.30. The first kappa shape index (κ1) is 10.9. The van der Waals surface area contributed by atoms with Gasteiger partial charge < -0.3 is 4.74 Å². The average molecular weight is 255 g/mol. The molecule has 1 aromatic carbocycles. The number of halogens is 2. The summed E-state index contributed by atoms with van der Waals surface area (Å²) in [6, 6.07) is 5.70. The largest absolute Gasteiger partial charge is 0.431 e. The fraction of sp³-hybridized carbons (Fsp3) is 0. The summed E-state index contributed by atoms with van der Waals surface area (Å²) in [5.74, 6) is -0.342. The lowest BCUT2D eigenvalue weighted by Gasteiger charge is -2.01. The van der Waals surface area contributed by atoms with Crippen LogP contribution >= 0.6 is 22.9 Å². The number of rotatable bonds is 2. The molecule has 0 radical (unpaired) electrons. The molecule has 0 fully saturated rings. The molecule has 0 bridgehead atoms. The predicted octanol–water partition coefficient (Wildman–Crippen LogP) is 3.60. The molecule has 16 heavy (non-hydrogen) atoms. The summed E-state index contributed by atoms with van der Waals surface area (Å²) in [5.41, 5.74) is -0.0236. The summed E-state index contributed by atoms with van der Waals surface area (Å²) >= 11 is 6.82. The van der Waals surface area contributed by atoms with Gasteiger partial charge in [0.15, 0.2) is 0 Å². The van der Waals surface area contributed by atoms with Gasteiger partial charge in [-0.2, -0.15) is 10.2 Å². The van der Waals surface area contributed by atoms with E-state index in [4.69, 9.17) is 21.6 Å². The van der Waals surface area contributed by atoms with Crippen LogP contribution in [-0.2, 0) is 0 Å². The first-order chi connectivity index (χ1) is 7.69. The van der Waals surface area contributed by atoms with E-state index in [1.165, 1.54) is 23.5 Å². The maximum atomic E-state index is 13.2. The first-order valence-electron chi connectivity index (χ1n) is 4.17. The molecule has 1 heterocycles. The fourth-order valence-corrected chi connectivity index (χ4v) is 1.84. The van der Waals surface area contributed by atoms with E-state index in [0.717, 1.165) is 6.07 Å². The fourth-order valence-electron chi connectivity index (χ4n) is 1.04. The molecule has 0 saturated carbocycles. The summed E-state index contributed by atoms with van der Waals surface area (Å²) < 4.78 is 18.5. The number of thiazole rings is 1. The highest BCUT2D eigenvalue weighted by Gasteiger charge is 2.06. The number of aromatic nitrogens is 1. The number of hydrogen-bond donors (Lipinski definition) is 0. The average Bonchev–Trinajstić information content (AvgIpc) is 2.64. The number of ether oxygens (including phenoxy) is 1. The van der Waals surface area contributed by atoms with Crippen LogP contribution in [0.2, 0.25) is 5.15 Å². The van der Waals surface area contributed by atoms with Crippen molar-refractivity contribution in [1.29, 1.82) is 5.26 Å². The summed E-state index contributed by atoms with van der Waals surface area (Å²) in [6.07, 6.45) is 0. The third-order valence-corrected chi connectivity index (χ3v) is 2.76. The molecule has 0 aliphatic rings. The van der Waals surface area contributed by atoms with E-state index < -0.39 is 5.82 Å². The van der Waals surface area contributed by atoms with Crippen molar-refractivity contribution in [2.75, 3.05) is 0 Å². The molecule has 0 saturated heterocycles. The van der Waals surface area contributed by atoms with Crippen molar-refractivity contribution < 1.29 is 9.13 Å². The van der Waals surface area contributed by atoms with Crippen LogP contribution in [0.1, 0.15) is 5.56 Å². The van der Waals surface area contributed by atoms with E-state index >= 15 is 0 Å². The minimum atomic E-state index is -0.623. The topological polar surface area (TPSA) is 45.9 Å². The molecule has 2 rings (SSSR count). The number of hydrogen-bond acceptors (Lipinski definition) is 4. The Bertz CT molecular complexity index is 564. The SMILES string of the molecule is N#Cc1ccc(Oc2nc(Cl)cs2)cc1F. The Morgan fingerprint density at radius 2 is 2.31 bits per heavy atom. The van der Waals surface area contributed by atoms with Crippen LogP contribution < -0.4 is 4.74 Å². The Balaban J connectivity index is 2.23. The van der Waals surface area contributed by atoms with Crippen molar-refractivity contribution in [3.63, 3.8) is 0 Å². The summed E-state index contributed by atoms with van der Waals surface area (Å²) in [6.45, 7) is 0. The smallest absolute Gasteiger partial charge is 0.280 e. The Hall–Kier alpha value is -1.64. The molecule has 0 aliphatic carbocycles. The van der Waals surface area contributed by atoms with E-state index in [1.54, 1.807) is 11.4 Å². The maximum Gasteiger partial charge on any atom is 0.280 e. The third-order valence-electron chi connectivity index (χ3n) is 1.72. The van der Waals surface area contributed by atoms with Gasteiger partial charge in [-0.25, -0.2) is 4.39 Å². The van der Waals surface area contributed by atoms with E-state index in [-0.39, 0.29) is 11.3 Å². The van der Waals surface area contributed by atoms with Crippen LogP contribution in [0, 0.1) is 17.1 Å². The lowest BCUT2D eigenvalue weighted by molar-refractivity contribution is 0.473. The molecule has 0 aliphatic heterocycles. The minimum Gasteiger partial charge on any atom is -0.431 e. The lowest BCUT2D eigenvalue weighted by Crippen LogP contribution is -1.87. The minimum absolute atomic E-state index is 0.0236. The number of nitrogens with zero attached hydrogens (tertiary/aromatic N) is 2. The number of benzene rings is 1. The zero-order valence-electron chi connectivity index (χ0n) is 7.78. The van der Waals surface area contributed by atoms with Crippen molar-refractivity contribution in [2.45, 2.75) is 0 Å². The second kappa shape index (κ2) is 4.47. The molecular formula is C10H4ClFN2OS. The van der Waals surface area contributed by atoms with Crippen molar-refractivity contribution in [2.24, 2.45) is 0 Å². The molecule has 80 valence electrons. The monoisotopic (exact) mass is 254 g/mol. The second-order valence-electron chi connectivity index (χ2n) is 2.79. The van der Waals surface area contributed by atoms with E-state index in [9.17, 15) is 4.39 Å². The quantitative estimate of drug-likeness (QED) is 0.823. The van der Waals surface area contributed by atoms with Crippen molar-refractivity contribution in [3.05, 3.63) is 40.1 Å². The van der Waals surface area contributed by atoms with Crippen LogP contribution in [0.3, 0.4) is 0 Å². The highest BCUT2D eigenvalue weighted by molar-refractivity contribution is 7.11. The Morgan fingerprint density at radius 3 is 2.88 bits per heavy atom. The molecule has 0 spiro atoms. The van der Waals surface area contributed by atoms with Gasteiger partial charge >= 0.3 is 0 Å². The van der Waals surface area contributed by atoms with Gasteiger partial charge in [0.25, 0.3) is 5.19 Å². The van der Waals surface area contributed by atoms with Gasteiger partial charge in [-0.1, -0.05) is 22.9 Å². The van der Waals surface area contributed by atoms with Gasteiger partial charge in [0, 0.05) is 11.4 Å². The molecule has 0 atom stereocenters. The zero-order chi connectivity index (χ0) is 11.5. The normalized spacial score (nSPS) is 9.81. The zero-order valence-corrected chi connectivity index (χ0v) is 9.35. The molecule has 0 amide bonds. The van der Waals surface area contributed by atoms with Gasteiger partial charge in [0.2, 0.25) is 0 Å². The summed E-state index contributed by atoms with van der Waals surface area (Å²) in [7, 11) is 0. The summed E-state index contributed by atoms with van der Waals surface area (Å²) in [5, 5.41) is 10.8. The molecule has 2 aromatic rings. The molecule has 0 unspecified atom stereocenters. The lowest BCUT2D eigenvalue weighted by atomic mass is 10.2. The summed E-state index contributed by atoms with van der Waals surface area (Å²) in [4.78, 5) is 3.85. The van der Waals surface area contributed by atoms with Crippen LogP contribution in [-0.4, -0.2) is 4.98 Å². The maximum absolute atomic E-state index is 13.2. The van der Waals surface area contributed by atoms with Crippen LogP contribution in [0.25, 0.3) is 0 Å². The van der Waals surface area contributed by atoms with E-state index in [2.05, 4.69) is 4.98 Å². The highest BCUT2D eigenvalue weighted by Crippen LogP contribution is 2.27. The van der Waals surface area contributed by atoms with Gasteiger partial charge in [0.05, 0.1) is 5.56 Å². The Morgan fingerprint density at radius 1 is 1.50 bits per heavy atom. The molecular weight excluding hydrogens is 251 g/mol. The van der Waals surface area contributed by atoms with Crippen molar-refractivity contribution in [1.82, 2.24) is 4.98 Å². The highest BCUT2D eigenvalue weighted by atomic mass is 35.5. The van der Waals surface area contributed by atoms with Crippen LogP contribution in [0.15, 0.2) is 23.6 Å². The van der Waals surface area contributed by atoms with Gasteiger partial charge in [-0.15, -0.1) is 0 Å². The Labute approximate surface area is 99.7 Å². The van der Waals surface area contributed by atoms with E-state index in [0.29, 0.717) is 10.3 Å². The predicted molar refractivity (Wildman–Crippen MR) is 58.3 cm³/mol. The van der Waals surface area contributed by atoms with Crippen molar-refractivity contribution >= 4 is 22.9 Å². The first-order valence-corrected chi connectivity index (χ1v) is 5.43. The molecule has 3 nitrogen and oxygen atoms in total. The van der Waals surface area contributed by atoms with Crippen molar-refractivity contribution in [3.8, 4) is 17.0 Å².